The molecule has 0 radical (unpaired) electrons. The van der Waals surface area contributed by atoms with Crippen LogP contribution in [-0.4, -0.2) is 5.78 Å². The Kier molecular flexibility index (Phi) is 4.34. The molecule has 0 amide bonds. The van der Waals surface area contributed by atoms with Crippen LogP contribution in [0.3, 0.4) is 0 Å². The lowest BCUT2D eigenvalue weighted by atomic mass is 9.67. The molecule has 1 unspecified atom stereocenters. The van der Waals surface area contributed by atoms with Crippen LogP contribution >= 0.6 is 0 Å². The number of hydrogen-bond donors (Lipinski definition) is 0. The van der Waals surface area contributed by atoms with Gasteiger partial charge < -0.3 is 0 Å². The molecular formula is C24H24O. The van der Waals surface area contributed by atoms with Crippen LogP contribution in [0.4, 0.5) is 0 Å². The van der Waals surface area contributed by atoms with Gasteiger partial charge in [-0.05, 0) is 43.0 Å². The lowest BCUT2D eigenvalue weighted by Crippen LogP contribution is -2.40. The first kappa shape index (κ1) is 17.2. The van der Waals surface area contributed by atoms with E-state index in [0.717, 1.165) is 22.3 Å². The summed E-state index contributed by atoms with van der Waals surface area (Å²) in [5.74, 6) is 0.217. The van der Waals surface area contributed by atoms with Crippen LogP contribution in [0, 0.1) is 0 Å². The molecule has 1 aliphatic carbocycles. The molecular weight excluding hydrogens is 304 g/mol. The highest BCUT2D eigenvalue weighted by molar-refractivity contribution is 6.09. The van der Waals surface area contributed by atoms with E-state index in [2.05, 4.69) is 30.8 Å². The molecule has 0 saturated heterocycles. The van der Waals surface area contributed by atoms with Crippen LogP contribution in [-0.2, 0) is 15.6 Å². The number of allylic oxidation sites excluding steroid dienone is 5. The number of ketones is 1. The van der Waals surface area contributed by atoms with Crippen molar-refractivity contribution in [3.63, 3.8) is 0 Å². The highest BCUT2D eigenvalue weighted by atomic mass is 16.1. The van der Waals surface area contributed by atoms with E-state index in [0.29, 0.717) is 0 Å². The minimum absolute atomic E-state index is 0.217. The van der Waals surface area contributed by atoms with E-state index < -0.39 is 10.8 Å². The summed E-state index contributed by atoms with van der Waals surface area (Å²) >= 11 is 0. The van der Waals surface area contributed by atoms with Gasteiger partial charge in [0.05, 0.1) is 5.41 Å². The van der Waals surface area contributed by atoms with E-state index in [1.54, 1.807) is 6.08 Å². The highest BCUT2D eigenvalue weighted by Gasteiger charge is 2.57. The van der Waals surface area contributed by atoms with Gasteiger partial charge in [-0.3, -0.25) is 4.79 Å². The summed E-state index contributed by atoms with van der Waals surface area (Å²) in [4.78, 5) is 13.9. The predicted octanol–water partition coefficient (Wildman–Crippen LogP) is 5.52. The van der Waals surface area contributed by atoms with Gasteiger partial charge in [-0.2, -0.15) is 0 Å². The lowest BCUT2D eigenvalue weighted by Gasteiger charge is -2.33. The molecule has 0 heterocycles. The zero-order valence-corrected chi connectivity index (χ0v) is 15.1. The monoisotopic (exact) mass is 328 g/mol. The largest absolute Gasteiger partial charge is 0.297 e. The Hall–Kier alpha value is -2.67. The van der Waals surface area contributed by atoms with Gasteiger partial charge in [-0.1, -0.05) is 85.5 Å². The number of carbonyl (C=O) groups is 1. The van der Waals surface area contributed by atoms with E-state index in [4.69, 9.17) is 0 Å². The van der Waals surface area contributed by atoms with Crippen molar-refractivity contribution >= 4 is 5.78 Å². The Bertz CT molecular complexity index is 868. The van der Waals surface area contributed by atoms with Crippen LogP contribution < -0.4 is 0 Å². The SMILES string of the molecule is C=C/C=C\C(=C/C)C1(c2ccccc2)C(=O)C(C)(C)c2ccccc21. The zero-order valence-electron chi connectivity index (χ0n) is 15.1. The van der Waals surface area contributed by atoms with Gasteiger partial charge in [-0.15, -0.1) is 0 Å². The second kappa shape index (κ2) is 6.33. The Morgan fingerprint density at radius 1 is 0.960 bits per heavy atom. The van der Waals surface area contributed by atoms with Crippen LogP contribution in [0.25, 0.3) is 0 Å². The summed E-state index contributed by atoms with van der Waals surface area (Å²) in [6.45, 7) is 9.84. The summed E-state index contributed by atoms with van der Waals surface area (Å²) < 4.78 is 0. The third-order valence-electron chi connectivity index (χ3n) is 5.28. The third kappa shape index (κ3) is 2.34. The fraction of sp³-hybridized carbons (Fsp3) is 0.208. The van der Waals surface area contributed by atoms with E-state index >= 15 is 0 Å². The maximum Gasteiger partial charge on any atom is 0.162 e. The average molecular weight is 328 g/mol. The molecule has 2 aromatic rings. The molecule has 25 heavy (non-hydrogen) atoms. The lowest BCUT2D eigenvalue weighted by molar-refractivity contribution is -0.125. The summed E-state index contributed by atoms with van der Waals surface area (Å²) in [7, 11) is 0. The number of rotatable bonds is 4. The van der Waals surface area contributed by atoms with E-state index in [9.17, 15) is 4.79 Å². The molecule has 0 fully saturated rings. The highest BCUT2D eigenvalue weighted by Crippen LogP contribution is 2.54. The Morgan fingerprint density at radius 3 is 2.16 bits per heavy atom. The van der Waals surface area contributed by atoms with Gasteiger partial charge in [0.25, 0.3) is 0 Å². The molecule has 1 heteroatoms. The normalized spacial score (nSPS) is 22.2. The quantitative estimate of drug-likeness (QED) is 0.675. The van der Waals surface area contributed by atoms with Crippen molar-refractivity contribution in [3.8, 4) is 0 Å². The van der Waals surface area contributed by atoms with Crippen molar-refractivity contribution in [1.82, 2.24) is 0 Å². The molecule has 126 valence electrons. The van der Waals surface area contributed by atoms with E-state index in [1.807, 2.05) is 69.3 Å². The second-order valence-electron chi connectivity index (χ2n) is 6.95. The minimum atomic E-state index is -0.782. The Labute approximate surface area is 150 Å². The molecule has 1 aliphatic rings. The fourth-order valence-corrected chi connectivity index (χ4v) is 4.11. The number of Topliss-reactive ketones (excluding diaryl/α,β-unsaturated/α-hetero) is 1. The van der Waals surface area contributed by atoms with Gasteiger partial charge in [0.15, 0.2) is 5.78 Å². The summed E-state index contributed by atoms with van der Waals surface area (Å²) in [6, 6.07) is 18.3. The molecule has 0 aliphatic heterocycles. The van der Waals surface area contributed by atoms with Crippen molar-refractivity contribution in [2.45, 2.75) is 31.6 Å². The molecule has 3 rings (SSSR count). The van der Waals surface area contributed by atoms with Crippen molar-refractivity contribution < 1.29 is 4.79 Å². The topological polar surface area (TPSA) is 17.1 Å². The van der Waals surface area contributed by atoms with E-state index in [1.165, 1.54) is 0 Å². The van der Waals surface area contributed by atoms with Crippen LogP contribution in [0.5, 0.6) is 0 Å². The van der Waals surface area contributed by atoms with Gasteiger partial charge in [0.2, 0.25) is 0 Å². The first-order chi connectivity index (χ1) is 12.0. The smallest absolute Gasteiger partial charge is 0.162 e. The Balaban J connectivity index is 2.44. The fourth-order valence-electron chi connectivity index (χ4n) is 4.11. The summed E-state index contributed by atoms with van der Waals surface area (Å²) in [5.41, 5.74) is 2.87. The molecule has 0 saturated carbocycles. The average Bonchev–Trinajstić information content (AvgIpc) is 2.82. The van der Waals surface area contributed by atoms with Gasteiger partial charge in [-0.25, -0.2) is 0 Å². The maximum absolute atomic E-state index is 13.9. The number of fused-ring (bicyclic) bond motifs is 1. The first-order valence-corrected chi connectivity index (χ1v) is 8.67. The summed E-state index contributed by atoms with van der Waals surface area (Å²) in [6.07, 6.45) is 7.71. The predicted molar refractivity (Wildman–Crippen MR) is 105 cm³/mol. The molecule has 0 N–H and O–H groups in total. The first-order valence-electron chi connectivity index (χ1n) is 8.67. The molecule has 1 nitrogen and oxygen atoms in total. The Morgan fingerprint density at radius 2 is 1.56 bits per heavy atom. The van der Waals surface area contributed by atoms with Crippen LogP contribution in [0.1, 0.15) is 37.5 Å². The summed E-state index contributed by atoms with van der Waals surface area (Å²) in [5, 5.41) is 0. The molecule has 1 atom stereocenters. The maximum atomic E-state index is 13.9. The van der Waals surface area contributed by atoms with E-state index in [-0.39, 0.29) is 5.78 Å². The molecule has 0 bridgehead atoms. The molecule has 2 aromatic carbocycles. The minimum Gasteiger partial charge on any atom is -0.297 e. The second-order valence-corrected chi connectivity index (χ2v) is 6.95. The zero-order chi connectivity index (χ0) is 18.1. The van der Waals surface area contributed by atoms with Crippen molar-refractivity contribution in [2.24, 2.45) is 0 Å². The van der Waals surface area contributed by atoms with Crippen LogP contribution in [0.2, 0.25) is 0 Å². The van der Waals surface area contributed by atoms with Crippen LogP contribution in [0.15, 0.2) is 91.1 Å². The number of hydrogen-bond acceptors (Lipinski definition) is 1. The third-order valence-corrected chi connectivity index (χ3v) is 5.28. The molecule has 0 aromatic heterocycles. The van der Waals surface area contributed by atoms with Gasteiger partial charge in [0.1, 0.15) is 5.41 Å². The van der Waals surface area contributed by atoms with Gasteiger partial charge >= 0.3 is 0 Å². The van der Waals surface area contributed by atoms with Crippen molar-refractivity contribution in [2.75, 3.05) is 0 Å². The number of benzene rings is 2. The standard InChI is InChI=1S/C24H24O/c1-5-7-13-18(6-2)24(19-14-9-8-10-15-19)21-17-12-11-16-20(21)23(3,4)22(24)25/h5-17H,1H2,2-4H3/b13-7-,18-6+. The number of carbonyl (C=O) groups excluding carboxylic acids is 1. The van der Waals surface area contributed by atoms with Gasteiger partial charge in [0, 0.05) is 0 Å². The van der Waals surface area contributed by atoms with Crippen molar-refractivity contribution in [1.29, 1.82) is 0 Å². The molecule has 0 spiro atoms. The van der Waals surface area contributed by atoms with Crippen molar-refractivity contribution in [3.05, 3.63) is 108 Å².